The van der Waals surface area contributed by atoms with E-state index in [1.165, 1.54) is 19.3 Å². The molecule has 3 rings (SSSR count). The van der Waals surface area contributed by atoms with Crippen molar-refractivity contribution in [1.29, 1.82) is 0 Å². The number of carbonyl (C=O) groups is 2. The maximum absolute atomic E-state index is 13.6. The van der Waals surface area contributed by atoms with Crippen LogP contribution in [0.15, 0.2) is 30.3 Å². The zero-order valence-electron chi connectivity index (χ0n) is 18.9. The maximum Gasteiger partial charge on any atom is 0.408 e. The van der Waals surface area contributed by atoms with E-state index in [2.05, 4.69) is 10.2 Å². The van der Waals surface area contributed by atoms with Gasteiger partial charge in [0.05, 0.1) is 0 Å². The molecule has 1 heterocycles. The van der Waals surface area contributed by atoms with E-state index in [1.807, 2.05) is 63.1 Å². The van der Waals surface area contributed by atoms with Gasteiger partial charge in [0.25, 0.3) is 0 Å². The Hall–Kier alpha value is -2.08. The standard InChI is InChI=1S/C24H37N3O3/c1-24(2,3)30-23(29)25-21(18-12-6-5-7-13-18)22(28)26(4)19-14-8-9-15-20(19)27-16-10-11-17-27/h5-7,12-13,19-21H,8-11,14-17H2,1-4H3,(H,25,29)/t19-,20-,21-/m1/s1. The number of nitrogens with one attached hydrogen (secondary N) is 1. The van der Waals surface area contributed by atoms with E-state index in [4.69, 9.17) is 4.74 Å². The molecule has 3 atom stereocenters. The number of nitrogens with zero attached hydrogens (tertiary/aromatic N) is 2. The van der Waals surface area contributed by atoms with Gasteiger partial charge in [-0.25, -0.2) is 4.79 Å². The van der Waals surface area contributed by atoms with Crippen LogP contribution < -0.4 is 5.32 Å². The third kappa shape index (κ3) is 5.75. The van der Waals surface area contributed by atoms with Gasteiger partial charge in [-0.3, -0.25) is 9.69 Å². The van der Waals surface area contributed by atoms with Crippen LogP contribution in [0.25, 0.3) is 0 Å². The first-order chi connectivity index (χ1) is 14.3. The second-order valence-electron chi connectivity index (χ2n) is 9.60. The highest BCUT2D eigenvalue weighted by atomic mass is 16.6. The van der Waals surface area contributed by atoms with Gasteiger partial charge in [-0.15, -0.1) is 0 Å². The molecule has 1 aliphatic heterocycles. The number of likely N-dealkylation sites (N-methyl/N-ethyl adjacent to an activating group) is 1. The molecule has 1 aromatic rings. The minimum atomic E-state index is -0.757. The Bertz CT molecular complexity index is 710. The van der Waals surface area contributed by atoms with E-state index in [-0.39, 0.29) is 11.9 Å². The molecule has 1 aromatic carbocycles. The minimum absolute atomic E-state index is 0.0804. The second-order valence-corrected chi connectivity index (χ2v) is 9.60. The lowest BCUT2D eigenvalue weighted by molar-refractivity contribution is -0.136. The van der Waals surface area contributed by atoms with Crippen molar-refractivity contribution in [2.45, 2.75) is 83.0 Å². The fraction of sp³-hybridized carbons (Fsp3) is 0.667. The predicted octanol–water partition coefficient (Wildman–Crippen LogP) is 4.12. The molecule has 6 heteroatoms. The normalized spacial score (nSPS) is 23.6. The molecule has 1 N–H and O–H groups in total. The topological polar surface area (TPSA) is 61.9 Å². The van der Waals surface area contributed by atoms with Crippen LogP contribution in [-0.2, 0) is 9.53 Å². The highest BCUT2D eigenvalue weighted by molar-refractivity contribution is 5.87. The molecule has 2 aliphatic rings. The lowest BCUT2D eigenvalue weighted by Crippen LogP contribution is -2.55. The fourth-order valence-electron chi connectivity index (χ4n) is 4.77. The molecule has 0 aromatic heterocycles. The molecule has 2 fully saturated rings. The van der Waals surface area contributed by atoms with Gasteiger partial charge in [0.2, 0.25) is 5.91 Å². The van der Waals surface area contributed by atoms with Gasteiger partial charge in [-0.2, -0.15) is 0 Å². The zero-order chi connectivity index (χ0) is 21.7. The fourth-order valence-corrected chi connectivity index (χ4v) is 4.77. The largest absolute Gasteiger partial charge is 0.444 e. The summed E-state index contributed by atoms with van der Waals surface area (Å²) in [6.07, 6.45) is 6.43. The van der Waals surface area contributed by atoms with Crippen molar-refractivity contribution in [3.05, 3.63) is 35.9 Å². The molecule has 1 aliphatic carbocycles. The molecule has 1 saturated carbocycles. The summed E-state index contributed by atoms with van der Waals surface area (Å²) >= 11 is 0. The van der Waals surface area contributed by atoms with Gasteiger partial charge in [0.15, 0.2) is 0 Å². The van der Waals surface area contributed by atoms with Gasteiger partial charge >= 0.3 is 6.09 Å². The third-order valence-corrected chi connectivity index (χ3v) is 6.19. The lowest BCUT2D eigenvalue weighted by Gasteiger charge is -2.43. The van der Waals surface area contributed by atoms with E-state index < -0.39 is 17.7 Å². The summed E-state index contributed by atoms with van der Waals surface area (Å²) in [6.45, 7) is 7.71. The number of carbonyl (C=O) groups excluding carboxylic acids is 2. The highest BCUT2D eigenvalue weighted by Crippen LogP contribution is 2.30. The summed E-state index contributed by atoms with van der Waals surface area (Å²) in [4.78, 5) is 30.6. The van der Waals surface area contributed by atoms with Crippen LogP contribution >= 0.6 is 0 Å². The molecule has 0 spiro atoms. The van der Waals surface area contributed by atoms with E-state index in [0.29, 0.717) is 6.04 Å². The molecular formula is C24H37N3O3. The van der Waals surface area contributed by atoms with Gasteiger partial charge in [0.1, 0.15) is 11.6 Å². The molecule has 2 amide bonds. The summed E-state index contributed by atoms with van der Waals surface area (Å²) < 4.78 is 5.44. The monoisotopic (exact) mass is 415 g/mol. The summed E-state index contributed by atoms with van der Waals surface area (Å²) in [5, 5.41) is 2.83. The van der Waals surface area contributed by atoms with Crippen molar-refractivity contribution in [2.75, 3.05) is 20.1 Å². The number of likely N-dealkylation sites (tertiary alicyclic amines) is 1. The first kappa shape index (κ1) is 22.6. The molecule has 1 saturated heterocycles. The van der Waals surface area contributed by atoms with Crippen LogP contribution in [0.5, 0.6) is 0 Å². The van der Waals surface area contributed by atoms with Crippen molar-refractivity contribution in [1.82, 2.24) is 15.1 Å². The predicted molar refractivity (Wildman–Crippen MR) is 118 cm³/mol. The average Bonchev–Trinajstić information content (AvgIpc) is 3.25. The Labute approximate surface area is 180 Å². The number of hydrogen-bond donors (Lipinski definition) is 1. The van der Waals surface area contributed by atoms with Crippen molar-refractivity contribution in [3.63, 3.8) is 0 Å². The Morgan fingerprint density at radius 2 is 1.70 bits per heavy atom. The average molecular weight is 416 g/mol. The summed E-state index contributed by atoms with van der Waals surface area (Å²) in [7, 11) is 1.90. The minimum Gasteiger partial charge on any atom is -0.444 e. The Balaban J connectivity index is 1.79. The number of hydrogen-bond acceptors (Lipinski definition) is 4. The first-order valence-corrected chi connectivity index (χ1v) is 11.3. The van der Waals surface area contributed by atoms with E-state index in [0.717, 1.165) is 37.9 Å². The first-order valence-electron chi connectivity index (χ1n) is 11.3. The van der Waals surface area contributed by atoms with Crippen molar-refractivity contribution in [2.24, 2.45) is 0 Å². The van der Waals surface area contributed by atoms with Gasteiger partial charge < -0.3 is 15.0 Å². The highest BCUT2D eigenvalue weighted by Gasteiger charge is 2.38. The van der Waals surface area contributed by atoms with Crippen LogP contribution in [-0.4, -0.2) is 59.6 Å². The Morgan fingerprint density at radius 3 is 2.33 bits per heavy atom. The third-order valence-electron chi connectivity index (χ3n) is 6.19. The van der Waals surface area contributed by atoms with Crippen molar-refractivity contribution >= 4 is 12.0 Å². The Morgan fingerprint density at radius 1 is 1.07 bits per heavy atom. The zero-order valence-corrected chi connectivity index (χ0v) is 18.9. The number of ether oxygens (including phenoxy) is 1. The van der Waals surface area contributed by atoms with E-state index in [9.17, 15) is 9.59 Å². The summed E-state index contributed by atoms with van der Waals surface area (Å²) in [5.41, 5.74) is 0.151. The van der Waals surface area contributed by atoms with E-state index >= 15 is 0 Å². The molecule has 0 radical (unpaired) electrons. The molecule has 0 unspecified atom stereocenters. The molecule has 6 nitrogen and oxygen atoms in total. The van der Waals surface area contributed by atoms with Gasteiger partial charge in [-0.05, 0) is 65.1 Å². The van der Waals surface area contributed by atoms with Crippen LogP contribution in [0.4, 0.5) is 4.79 Å². The molecule has 0 bridgehead atoms. The van der Waals surface area contributed by atoms with Crippen molar-refractivity contribution in [3.8, 4) is 0 Å². The van der Waals surface area contributed by atoms with Crippen LogP contribution in [0, 0.1) is 0 Å². The molecular weight excluding hydrogens is 378 g/mol. The van der Waals surface area contributed by atoms with Crippen molar-refractivity contribution < 1.29 is 14.3 Å². The number of amides is 2. The molecule has 30 heavy (non-hydrogen) atoms. The smallest absolute Gasteiger partial charge is 0.408 e. The SMILES string of the molecule is CN(C(=O)[C@H](NC(=O)OC(C)(C)C)c1ccccc1)[C@@H]1CCCC[C@H]1N1CCCC1. The number of rotatable bonds is 5. The quantitative estimate of drug-likeness (QED) is 0.786. The van der Waals surface area contributed by atoms with Crippen LogP contribution in [0.1, 0.15) is 70.9 Å². The van der Waals surface area contributed by atoms with E-state index in [1.54, 1.807) is 0 Å². The molecule has 166 valence electrons. The van der Waals surface area contributed by atoms with Gasteiger partial charge in [0, 0.05) is 19.1 Å². The number of benzene rings is 1. The van der Waals surface area contributed by atoms with Gasteiger partial charge in [-0.1, -0.05) is 43.2 Å². The Kier molecular flexibility index (Phi) is 7.40. The number of alkyl carbamates (subject to hydrolysis) is 1. The maximum atomic E-state index is 13.6. The second kappa shape index (κ2) is 9.82. The van der Waals surface area contributed by atoms with Crippen LogP contribution in [0.3, 0.4) is 0 Å². The van der Waals surface area contributed by atoms with Crippen LogP contribution in [0.2, 0.25) is 0 Å². The lowest BCUT2D eigenvalue weighted by atomic mass is 9.87. The summed E-state index contributed by atoms with van der Waals surface area (Å²) in [6, 6.07) is 9.28. The summed E-state index contributed by atoms with van der Waals surface area (Å²) in [5.74, 6) is -0.0804.